The van der Waals surface area contributed by atoms with Gasteiger partial charge in [0.05, 0.1) is 5.92 Å². The maximum absolute atomic E-state index is 14.7. The number of ether oxygens (including phenoxy) is 1. The van der Waals surface area contributed by atoms with Crippen molar-refractivity contribution in [3.8, 4) is 5.75 Å². The van der Waals surface area contributed by atoms with Crippen molar-refractivity contribution >= 4 is 11.5 Å². The Morgan fingerprint density at radius 2 is 2.08 bits per heavy atom. The van der Waals surface area contributed by atoms with Gasteiger partial charge in [0.15, 0.2) is 0 Å². The molecule has 2 bridgehead atoms. The number of allylic oxidation sites excluding steroid dienone is 1. The van der Waals surface area contributed by atoms with E-state index in [0.717, 1.165) is 18.4 Å². The number of esters is 1. The van der Waals surface area contributed by atoms with Crippen molar-refractivity contribution in [2.75, 3.05) is 14.1 Å². The molecule has 0 aliphatic heterocycles. The molecule has 3 atom stereocenters. The van der Waals surface area contributed by atoms with E-state index in [9.17, 15) is 9.18 Å². The highest BCUT2D eigenvalue weighted by atomic mass is 19.1. The van der Waals surface area contributed by atoms with Gasteiger partial charge in [-0.3, -0.25) is 4.79 Å². The summed E-state index contributed by atoms with van der Waals surface area (Å²) < 4.78 is 20.1. The third-order valence-electron chi connectivity index (χ3n) is 5.58. The highest BCUT2D eigenvalue weighted by molar-refractivity contribution is 5.76. The number of hydrogen-bond acceptors (Lipinski definition) is 3. The van der Waals surface area contributed by atoms with Gasteiger partial charge in [-0.15, -0.1) is 0 Å². The van der Waals surface area contributed by atoms with Crippen molar-refractivity contribution in [3.05, 3.63) is 35.7 Å². The zero-order chi connectivity index (χ0) is 18.4. The van der Waals surface area contributed by atoms with Crippen LogP contribution in [0.1, 0.15) is 45.6 Å². The van der Waals surface area contributed by atoms with Gasteiger partial charge < -0.3 is 9.64 Å². The maximum atomic E-state index is 14.7. The SMILES string of the molecule is CC(C)C(=O)Oc1ccc(F)c(C2=CC3(C)CCC(C3)C2N(C)C)c1. The van der Waals surface area contributed by atoms with Crippen LogP contribution < -0.4 is 4.74 Å². The average Bonchev–Trinajstić information content (AvgIpc) is 2.83. The van der Waals surface area contributed by atoms with E-state index in [-0.39, 0.29) is 29.2 Å². The number of benzene rings is 1. The van der Waals surface area contributed by atoms with Crippen LogP contribution in [0.5, 0.6) is 5.75 Å². The van der Waals surface area contributed by atoms with Crippen molar-refractivity contribution in [1.29, 1.82) is 0 Å². The number of fused-ring (bicyclic) bond motifs is 2. The molecule has 2 aliphatic carbocycles. The van der Waals surface area contributed by atoms with Gasteiger partial charge >= 0.3 is 5.97 Å². The zero-order valence-corrected chi connectivity index (χ0v) is 15.8. The molecule has 1 aromatic rings. The summed E-state index contributed by atoms with van der Waals surface area (Å²) >= 11 is 0. The summed E-state index contributed by atoms with van der Waals surface area (Å²) in [7, 11) is 4.11. The van der Waals surface area contributed by atoms with E-state index in [0.29, 0.717) is 17.2 Å². The first-order valence-electron chi connectivity index (χ1n) is 9.11. The van der Waals surface area contributed by atoms with E-state index in [4.69, 9.17) is 4.74 Å². The molecular formula is C21H28FNO2. The summed E-state index contributed by atoms with van der Waals surface area (Å²) in [6.07, 6.45) is 5.73. The fraction of sp³-hybridized carbons (Fsp3) is 0.571. The van der Waals surface area contributed by atoms with Crippen molar-refractivity contribution in [2.45, 2.75) is 46.1 Å². The molecule has 0 heterocycles. The quantitative estimate of drug-likeness (QED) is 0.593. The van der Waals surface area contributed by atoms with Crippen LogP contribution in [0.3, 0.4) is 0 Å². The van der Waals surface area contributed by atoms with Crippen LogP contribution in [0.4, 0.5) is 4.39 Å². The van der Waals surface area contributed by atoms with Crippen molar-refractivity contribution in [2.24, 2.45) is 17.3 Å². The van der Waals surface area contributed by atoms with Gasteiger partial charge in [0.1, 0.15) is 11.6 Å². The second-order valence-corrected chi connectivity index (χ2v) is 8.38. The van der Waals surface area contributed by atoms with E-state index >= 15 is 0 Å². The average molecular weight is 345 g/mol. The van der Waals surface area contributed by atoms with E-state index < -0.39 is 0 Å². The van der Waals surface area contributed by atoms with Crippen molar-refractivity contribution in [3.63, 3.8) is 0 Å². The first-order valence-corrected chi connectivity index (χ1v) is 9.11. The molecule has 4 heteroatoms. The Kier molecular flexibility index (Phi) is 4.76. The lowest BCUT2D eigenvalue weighted by molar-refractivity contribution is -0.137. The van der Waals surface area contributed by atoms with Crippen LogP contribution in [0.15, 0.2) is 24.3 Å². The molecule has 0 aromatic heterocycles. The Hall–Kier alpha value is -1.68. The second-order valence-electron chi connectivity index (χ2n) is 8.38. The van der Waals surface area contributed by atoms with E-state index in [1.165, 1.54) is 18.6 Å². The van der Waals surface area contributed by atoms with Gasteiger partial charge in [0, 0.05) is 11.6 Å². The minimum atomic E-state index is -0.300. The monoisotopic (exact) mass is 345 g/mol. The van der Waals surface area contributed by atoms with Crippen LogP contribution >= 0.6 is 0 Å². The standard InChI is InChI=1S/C21H28FNO2/c1-13(2)20(24)25-15-6-7-18(22)16(10-15)17-12-21(3)9-8-14(11-21)19(17)23(4)5/h6-7,10,12-14,19H,8-9,11H2,1-5H3. The van der Waals surface area contributed by atoms with Gasteiger partial charge in [-0.05, 0) is 68.5 Å². The molecule has 0 spiro atoms. The molecule has 1 fully saturated rings. The molecule has 0 radical (unpaired) electrons. The topological polar surface area (TPSA) is 29.5 Å². The van der Waals surface area contributed by atoms with Crippen molar-refractivity contribution in [1.82, 2.24) is 4.90 Å². The van der Waals surface area contributed by atoms with Gasteiger partial charge in [0.25, 0.3) is 0 Å². The number of carbonyl (C=O) groups excluding carboxylic acids is 1. The van der Waals surface area contributed by atoms with E-state index in [1.807, 2.05) is 0 Å². The number of rotatable bonds is 4. The Morgan fingerprint density at radius 1 is 1.36 bits per heavy atom. The molecule has 0 N–H and O–H groups in total. The van der Waals surface area contributed by atoms with Gasteiger partial charge in [-0.1, -0.05) is 26.8 Å². The Labute approximate surface area is 149 Å². The lowest BCUT2D eigenvalue weighted by Crippen LogP contribution is -2.38. The lowest BCUT2D eigenvalue weighted by Gasteiger charge is -2.38. The minimum Gasteiger partial charge on any atom is -0.426 e. The highest BCUT2D eigenvalue weighted by Gasteiger charge is 2.44. The van der Waals surface area contributed by atoms with Crippen molar-refractivity contribution < 1.29 is 13.9 Å². The number of nitrogens with zero attached hydrogens (tertiary/aromatic N) is 1. The molecule has 2 aliphatic rings. The summed E-state index contributed by atoms with van der Waals surface area (Å²) in [6, 6.07) is 4.82. The number of hydrogen-bond donors (Lipinski definition) is 0. The Balaban J connectivity index is 2.02. The molecule has 3 unspecified atom stereocenters. The first-order chi connectivity index (χ1) is 11.7. The molecule has 136 valence electrons. The van der Waals surface area contributed by atoms with Crippen LogP contribution in [0.2, 0.25) is 0 Å². The van der Waals surface area contributed by atoms with Gasteiger partial charge in [-0.2, -0.15) is 0 Å². The normalized spacial score (nSPS) is 28.4. The predicted octanol–water partition coefficient (Wildman–Crippen LogP) is 4.52. The highest BCUT2D eigenvalue weighted by Crippen LogP contribution is 2.53. The molecular weight excluding hydrogens is 317 g/mol. The fourth-order valence-corrected chi connectivity index (χ4v) is 4.39. The fourth-order valence-electron chi connectivity index (χ4n) is 4.39. The molecule has 0 amide bonds. The van der Waals surface area contributed by atoms with Gasteiger partial charge in [0.2, 0.25) is 0 Å². The number of likely N-dealkylation sites (N-methyl/N-ethyl adjacent to an activating group) is 1. The predicted molar refractivity (Wildman–Crippen MR) is 97.8 cm³/mol. The van der Waals surface area contributed by atoms with Gasteiger partial charge in [-0.25, -0.2) is 4.39 Å². The number of halogens is 1. The van der Waals surface area contributed by atoms with E-state index in [2.05, 4.69) is 32.0 Å². The second kappa shape index (κ2) is 6.56. The molecule has 3 nitrogen and oxygen atoms in total. The number of carbonyl (C=O) groups is 1. The molecule has 25 heavy (non-hydrogen) atoms. The smallest absolute Gasteiger partial charge is 0.313 e. The van der Waals surface area contributed by atoms with Crippen LogP contribution in [0.25, 0.3) is 5.57 Å². The van der Waals surface area contributed by atoms with Crippen LogP contribution in [-0.2, 0) is 4.79 Å². The molecule has 0 saturated heterocycles. The zero-order valence-electron chi connectivity index (χ0n) is 15.8. The Bertz CT molecular complexity index is 710. The minimum absolute atomic E-state index is 0.142. The summed E-state index contributed by atoms with van der Waals surface area (Å²) in [5.74, 6) is 0.184. The summed E-state index contributed by atoms with van der Waals surface area (Å²) in [4.78, 5) is 14.1. The first kappa shape index (κ1) is 18.1. The molecule has 1 aromatic carbocycles. The third kappa shape index (κ3) is 3.50. The third-order valence-corrected chi connectivity index (χ3v) is 5.58. The van der Waals surface area contributed by atoms with Crippen LogP contribution in [0, 0.1) is 23.1 Å². The lowest BCUT2D eigenvalue weighted by atomic mass is 9.74. The summed E-state index contributed by atoms with van der Waals surface area (Å²) in [5, 5.41) is 0. The summed E-state index contributed by atoms with van der Waals surface area (Å²) in [5.41, 5.74) is 1.73. The molecule has 3 rings (SSSR count). The molecule has 1 saturated carbocycles. The maximum Gasteiger partial charge on any atom is 0.313 e. The van der Waals surface area contributed by atoms with E-state index in [1.54, 1.807) is 19.9 Å². The summed E-state index contributed by atoms with van der Waals surface area (Å²) in [6.45, 7) is 5.84. The largest absolute Gasteiger partial charge is 0.426 e. The Morgan fingerprint density at radius 3 is 2.72 bits per heavy atom. The van der Waals surface area contributed by atoms with Crippen LogP contribution in [-0.4, -0.2) is 31.0 Å².